The van der Waals surface area contributed by atoms with Crippen molar-refractivity contribution in [3.05, 3.63) is 35.4 Å². The molecule has 1 saturated heterocycles. The van der Waals surface area contributed by atoms with Gasteiger partial charge in [-0.25, -0.2) is 4.79 Å². The lowest BCUT2D eigenvalue weighted by Gasteiger charge is -2.37. The Kier molecular flexibility index (Phi) is 4.86. The van der Waals surface area contributed by atoms with Gasteiger partial charge in [0.2, 0.25) is 0 Å². The first-order valence-electron chi connectivity index (χ1n) is 6.91. The van der Waals surface area contributed by atoms with Gasteiger partial charge in [0, 0.05) is 19.6 Å². The molecule has 1 fully saturated rings. The summed E-state index contributed by atoms with van der Waals surface area (Å²) in [6, 6.07) is 6.08. The van der Waals surface area contributed by atoms with Crippen LogP contribution < -0.4 is 4.72 Å². The zero-order valence-corrected chi connectivity index (χ0v) is 13.4. The van der Waals surface area contributed by atoms with Gasteiger partial charge in [0.1, 0.15) is 0 Å². The Bertz CT molecular complexity index is 640. The Balaban J connectivity index is 1.99. The van der Waals surface area contributed by atoms with Crippen LogP contribution >= 0.6 is 0 Å². The van der Waals surface area contributed by atoms with Crippen molar-refractivity contribution in [2.24, 2.45) is 0 Å². The van der Waals surface area contributed by atoms with E-state index in [4.69, 9.17) is 9.84 Å². The predicted octanol–water partition coefficient (Wildman–Crippen LogP) is 0.830. The fourth-order valence-electron chi connectivity index (χ4n) is 2.21. The lowest BCUT2D eigenvalue weighted by Crippen LogP contribution is -2.53. The Morgan fingerprint density at radius 3 is 2.55 bits per heavy atom. The normalized spacial score (nSPS) is 19.0. The summed E-state index contributed by atoms with van der Waals surface area (Å²) in [5, 5.41) is 8.82. The lowest BCUT2D eigenvalue weighted by atomic mass is 10.1. The van der Waals surface area contributed by atoms with Gasteiger partial charge in [0.15, 0.2) is 0 Å². The van der Waals surface area contributed by atoms with Crippen LogP contribution in [0.15, 0.2) is 24.3 Å². The molecule has 0 unspecified atom stereocenters. The SMILES string of the molecule is CC1(C)CN(S(=O)(=O)NCc2ccc(C(=O)O)cc2)CCO1. The van der Waals surface area contributed by atoms with Crippen molar-refractivity contribution >= 4 is 16.2 Å². The van der Waals surface area contributed by atoms with E-state index in [1.165, 1.54) is 16.4 Å². The van der Waals surface area contributed by atoms with E-state index in [1.807, 2.05) is 13.8 Å². The summed E-state index contributed by atoms with van der Waals surface area (Å²) < 4.78 is 34.0. The largest absolute Gasteiger partial charge is 0.478 e. The summed E-state index contributed by atoms with van der Waals surface area (Å²) in [5.41, 5.74) is 0.360. The highest BCUT2D eigenvalue weighted by Gasteiger charge is 2.33. The summed E-state index contributed by atoms with van der Waals surface area (Å²) in [4.78, 5) is 10.8. The Morgan fingerprint density at radius 1 is 1.36 bits per heavy atom. The van der Waals surface area contributed by atoms with Crippen molar-refractivity contribution in [2.75, 3.05) is 19.7 Å². The molecule has 1 aliphatic heterocycles. The zero-order chi connectivity index (χ0) is 16.4. The molecule has 8 heteroatoms. The van der Waals surface area contributed by atoms with Crippen molar-refractivity contribution in [1.29, 1.82) is 0 Å². The van der Waals surface area contributed by atoms with Gasteiger partial charge in [-0.3, -0.25) is 0 Å². The molecule has 1 aliphatic rings. The van der Waals surface area contributed by atoms with Crippen molar-refractivity contribution in [3.63, 3.8) is 0 Å². The van der Waals surface area contributed by atoms with Crippen LogP contribution in [-0.4, -0.2) is 49.1 Å². The number of hydrogen-bond donors (Lipinski definition) is 2. The third kappa shape index (κ3) is 4.26. The smallest absolute Gasteiger partial charge is 0.335 e. The molecular formula is C14H20N2O5S. The maximum Gasteiger partial charge on any atom is 0.335 e. The van der Waals surface area contributed by atoms with E-state index in [2.05, 4.69) is 4.72 Å². The molecule has 0 radical (unpaired) electrons. The van der Waals surface area contributed by atoms with Gasteiger partial charge in [-0.2, -0.15) is 17.4 Å². The fraction of sp³-hybridized carbons (Fsp3) is 0.500. The molecule has 2 N–H and O–H groups in total. The molecule has 22 heavy (non-hydrogen) atoms. The molecule has 0 bridgehead atoms. The Labute approximate surface area is 130 Å². The van der Waals surface area contributed by atoms with E-state index in [0.29, 0.717) is 25.3 Å². The van der Waals surface area contributed by atoms with Crippen LogP contribution in [0.1, 0.15) is 29.8 Å². The summed E-state index contributed by atoms with van der Waals surface area (Å²) in [7, 11) is -3.59. The van der Waals surface area contributed by atoms with Crippen LogP contribution in [0.5, 0.6) is 0 Å². The minimum absolute atomic E-state index is 0.111. The molecule has 1 aromatic rings. The van der Waals surface area contributed by atoms with Crippen LogP contribution in [0, 0.1) is 0 Å². The molecule has 0 amide bonds. The van der Waals surface area contributed by atoms with Crippen LogP contribution in [0.25, 0.3) is 0 Å². The van der Waals surface area contributed by atoms with Crippen LogP contribution in [-0.2, 0) is 21.5 Å². The minimum Gasteiger partial charge on any atom is -0.478 e. The third-order valence-corrected chi connectivity index (χ3v) is 4.89. The molecule has 0 saturated carbocycles. The van der Waals surface area contributed by atoms with Gasteiger partial charge in [-0.1, -0.05) is 12.1 Å². The van der Waals surface area contributed by atoms with E-state index < -0.39 is 21.8 Å². The van der Waals surface area contributed by atoms with Gasteiger partial charge >= 0.3 is 5.97 Å². The first kappa shape index (κ1) is 16.9. The predicted molar refractivity (Wildman–Crippen MR) is 80.8 cm³/mol. The number of ether oxygens (including phenoxy) is 1. The molecule has 2 rings (SSSR count). The average molecular weight is 328 g/mol. The summed E-state index contributed by atoms with van der Waals surface area (Å²) in [6.07, 6.45) is 0. The number of nitrogens with one attached hydrogen (secondary N) is 1. The van der Waals surface area contributed by atoms with Gasteiger partial charge in [0.25, 0.3) is 10.2 Å². The molecular weight excluding hydrogens is 308 g/mol. The highest BCUT2D eigenvalue weighted by Crippen LogP contribution is 2.18. The molecule has 1 aromatic carbocycles. The number of aromatic carboxylic acids is 1. The standard InChI is InChI=1S/C14H20N2O5S/c1-14(2)10-16(7-8-21-14)22(19,20)15-9-11-3-5-12(6-4-11)13(17)18/h3-6,15H,7-10H2,1-2H3,(H,17,18). The fourth-order valence-corrected chi connectivity index (χ4v) is 3.54. The van der Waals surface area contributed by atoms with E-state index in [-0.39, 0.29) is 12.1 Å². The first-order chi connectivity index (χ1) is 10.2. The Hall–Kier alpha value is -1.48. The number of carbonyl (C=O) groups is 1. The van der Waals surface area contributed by atoms with E-state index in [0.717, 1.165) is 0 Å². The summed E-state index contributed by atoms with van der Waals surface area (Å²) in [6.45, 7) is 4.77. The molecule has 122 valence electrons. The second kappa shape index (κ2) is 6.33. The van der Waals surface area contributed by atoms with Crippen molar-refractivity contribution < 1.29 is 23.1 Å². The highest BCUT2D eigenvalue weighted by molar-refractivity contribution is 7.87. The van der Waals surface area contributed by atoms with Gasteiger partial charge in [0.05, 0.1) is 17.8 Å². The molecule has 0 aliphatic carbocycles. The quantitative estimate of drug-likeness (QED) is 0.834. The number of carboxylic acid groups (broad SMARTS) is 1. The minimum atomic E-state index is -3.59. The number of rotatable bonds is 5. The number of morpholine rings is 1. The summed E-state index contributed by atoms with van der Waals surface area (Å²) >= 11 is 0. The topological polar surface area (TPSA) is 95.9 Å². The van der Waals surface area contributed by atoms with E-state index in [9.17, 15) is 13.2 Å². The third-order valence-electron chi connectivity index (χ3n) is 3.39. The number of hydrogen-bond acceptors (Lipinski definition) is 4. The first-order valence-corrected chi connectivity index (χ1v) is 8.35. The van der Waals surface area contributed by atoms with Crippen LogP contribution in [0.3, 0.4) is 0 Å². The van der Waals surface area contributed by atoms with Gasteiger partial charge in [-0.05, 0) is 31.5 Å². The van der Waals surface area contributed by atoms with Crippen molar-refractivity contribution in [2.45, 2.75) is 26.0 Å². The monoisotopic (exact) mass is 328 g/mol. The molecule has 7 nitrogen and oxygen atoms in total. The lowest BCUT2D eigenvalue weighted by molar-refractivity contribution is -0.0643. The average Bonchev–Trinajstić information content (AvgIpc) is 2.44. The molecule has 0 spiro atoms. The summed E-state index contributed by atoms with van der Waals surface area (Å²) in [5.74, 6) is -1.01. The van der Waals surface area contributed by atoms with E-state index in [1.54, 1.807) is 12.1 Å². The molecule has 0 atom stereocenters. The number of nitrogens with zero attached hydrogens (tertiary/aromatic N) is 1. The molecule has 1 heterocycles. The van der Waals surface area contributed by atoms with Gasteiger partial charge in [-0.15, -0.1) is 0 Å². The second-order valence-corrected chi connectivity index (χ2v) is 7.53. The number of benzene rings is 1. The van der Waals surface area contributed by atoms with Crippen molar-refractivity contribution in [3.8, 4) is 0 Å². The number of carboxylic acids is 1. The Morgan fingerprint density at radius 2 is 2.00 bits per heavy atom. The van der Waals surface area contributed by atoms with E-state index >= 15 is 0 Å². The molecule has 0 aromatic heterocycles. The van der Waals surface area contributed by atoms with Crippen molar-refractivity contribution in [1.82, 2.24) is 9.03 Å². The van der Waals surface area contributed by atoms with Crippen LogP contribution in [0.4, 0.5) is 0 Å². The maximum absolute atomic E-state index is 12.3. The second-order valence-electron chi connectivity index (χ2n) is 5.77. The van der Waals surface area contributed by atoms with Gasteiger partial charge < -0.3 is 9.84 Å². The maximum atomic E-state index is 12.3. The zero-order valence-electron chi connectivity index (χ0n) is 12.6. The van der Waals surface area contributed by atoms with Crippen LogP contribution in [0.2, 0.25) is 0 Å². The highest BCUT2D eigenvalue weighted by atomic mass is 32.2.